The van der Waals surface area contributed by atoms with Gasteiger partial charge in [-0.05, 0) is 94.1 Å². The molecule has 0 saturated heterocycles. The third-order valence-corrected chi connectivity index (χ3v) is 23.4. The summed E-state index contributed by atoms with van der Waals surface area (Å²) < 4.78 is 61.8. The second kappa shape index (κ2) is 40.6. The van der Waals surface area contributed by atoms with Crippen molar-refractivity contribution < 1.29 is 8.78 Å². The van der Waals surface area contributed by atoms with Gasteiger partial charge in [0.15, 0.2) is 0 Å². The molecule has 0 atom stereocenters. The van der Waals surface area contributed by atoms with Crippen LogP contribution < -0.4 is 0 Å². The van der Waals surface area contributed by atoms with Gasteiger partial charge in [0, 0.05) is 51.4 Å². The highest BCUT2D eigenvalue weighted by Gasteiger charge is 2.54. The Hall–Kier alpha value is -1.38. The van der Waals surface area contributed by atoms with E-state index in [1.807, 2.05) is 0 Å². The quantitative estimate of drug-likeness (QED) is 0.0288. The number of hydrogen-bond donors (Lipinski definition) is 0. The summed E-state index contributed by atoms with van der Waals surface area (Å²) in [5.41, 5.74) is 8.04. The molecule has 3 aromatic carbocycles. The fourth-order valence-electron chi connectivity index (χ4n) is 15.8. The summed E-state index contributed by atoms with van der Waals surface area (Å²) in [5, 5.41) is 0. The van der Waals surface area contributed by atoms with Gasteiger partial charge in [-0.15, -0.1) is 0 Å². The monoisotopic (exact) mass is 1440 g/mol. The second-order valence-electron chi connectivity index (χ2n) is 27.3. The number of nitrogens with zero attached hydrogens (tertiary/aromatic N) is 4. The van der Waals surface area contributed by atoms with Gasteiger partial charge in [-0.1, -0.05) is 336 Å². The highest BCUT2D eigenvalue weighted by molar-refractivity contribution is 14.1. The number of halogens is 4. The van der Waals surface area contributed by atoms with Crippen molar-refractivity contribution in [2.24, 2.45) is 0 Å². The molecule has 0 radical (unpaired) electrons. The summed E-state index contributed by atoms with van der Waals surface area (Å²) in [7, 11) is 0. The molecule has 2 aliphatic carbocycles. The molecule has 2 aromatic heterocycles. The lowest BCUT2D eigenvalue weighted by Crippen LogP contribution is -2.29. The van der Waals surface area contributed by atoms with E-state index in [0.717, 1.165) is 129 Å². The number of unbranched alkanes of at least 4 members (excludes halogenated alkanes) is 44. The van der Waals surface area contributed by atoms with Gasteiger partial charge >= 0.3 is 0 Å². The van der Waals surface area contributed by atoms with Gasteiger partial charge in [-0.2, -0.15) is 17.5 Å². The van der Waals surface area contributed by atoms with Crippen LogP contribution in [0.25, 0.3) is 44.3 Å². The summed E-state index contributed by atoms with van der Waals surface area (Å²) in [5.74, 6) is -0.361. The van der Waals surface area contributed by atoms with Crippen molar-refractivity contribution in [1.29, 1.82) is 0 Å². The molecule has 10 heteroatoms. The van der Waals surface area contributed by atoms with Crippen LogP contribution in [0.3, 0.4) is 0 Å². The van der Waals surface area contributed by atoms with Crippen molar-refractivity contribution in [1.82, 2.24) is 17.5 Å². The van der Waals surface area contributed by atoms with E-state index in [-0.39, 0.29) is 11.6 Å². The first-order chi connectivity index (χ1) is 42.3. The molecule has 2 heterocycles. The number of hydrogen-bond acceptors (Lipinski definition) is 6. The summed E-state index contributed by atoms with van der Waals surface area (Å²) >= 11 is 7.37. The zero-order chi connectivity index (χ0) is 60.7. The summed E-state index contributed by atoms with van der Waals surface area (Å²) in [6.45, 7) is 9.19. The summed E-state index contributed by atoms with van der Waals surface area (Å²) in [6.07, 6.45) is 64.4. The maximum absolute atomic E-state index is 19.9. The second-order valence-corrected chi connectivity index (χ2v) is 30.7. The summed E-state index contributed by atoms with van der Waals surface area (Å²) in [4.78, 5) is 0. The standard InChI is InChI=1S/C76H118F2I2N4S2/c1-5-9-13-17-21-25-29-33-37-41-45-49-53-75(54-50-46-42-38-34-30-26-22-18-14-10-6-2)59-57-61(79)71-73(83-85-81-71)63(59)65-67(75)69(77)66-64-60(58-62(80)72-74(64)84-86-82-72)76(68(66)70(65)78,55-51-47-43-39-35-31-27-23-19-15-11-7-3)56-52-48-44-40-36-32-28-24-20-16-12-8-4/h57-58H,5-56H2,1-4H3. The van der Waals surface area contributed by atoms with Crippen molar-refractivity contribution in [3.8, 4) is 22.3 Å². The van der Waals surface area contributed by atoms with Gasteiger partial charge in [0.1, 0.15) is 33.7 Å². The Balaban J connectivity index is 1.24. The van der Waals surface area contributed by atoms with Gasteiger partial charge < -0.3 is 0 Å². The van der Waals surface area contributed by atoms with Crippen LogP contribution in [-0.2, 0) is 10.8 Å². The minimum atomic E-state index is -0.682. The number of rotatable bonds is 52. The molecule has 86 heavy (non-hydrogen) atoms. The molecule has 4 nitrogen and oxygen atoms in total. The van der Waals surface area contributed by atoms with E-state index in [1.54, 1.807) is 0 Å². The lowest BCUT2D eigenvalue weighted by atomic mass is 9.68. The van der Waals surface area contributed by atoms with Crippen molar-refractivity contribution in [3.63, 3.8) is 0 Å². The van der Waals surface area contributed by atoms with E-state index in [2.05, 4.69) is 85.0 Å². The van der Waals surface area contributed by atoms with Crippen LogP contribution in [-0.4, -0.2) is 17.5 Å². The lowest BCUT2D eigenvalue weighted by Gasteiger charge is -2.35. The normalized spacial score (nSPS) is 13.9. The molecule has 7 rings (SSSR count). The zero-order valence-electron chi connectivity index (χ0n) is 55.0. The fourth-order valence-corrected chi connectivity index (χ4v) is 18.6. The van der Waals surface area contributed by atoms with E-state index < -0.39 is 10.8 Å². The molecule has 0 fully saturated rings. The van der Waals surface area contributed by atoms with Crippen LogP contribution in [0.1, 0.15) is 384 Å². The molecule has 0 amide bonds. The first-order valence-electron chi connectivity index (χ1n) is 36.8. The fraction of sp³-hybridized carbons (Fsp3) is 0.763. The van der Waals surface area contributed by atoms with Crippen LogP contribution in [0.15, 0.2) is 12.1 Å². The minimum Gasteiger partial charge on any atom is -0.206 e. The van der Waals surface area contributed by atoms with E-state index in [0.29, 0.717) is 22.3 Å². The largest absolute Gasteiger partial charge is 0.206 e. The van der Waals surface area contributed by atoms with Crippen molar-refractivity contribution in [2.45, 2.75) is 372 Å². The Labute approximate surface area is 560 Å². The van der Waals surface area contributed by atoms with Crippen molar-refractivity contribution >= 4 is 90.7 Å². The smallest absolute Gasteiger partial charge is 0.136 e. The van der Waals surface area contributed by atoms with Gasteiger partial charge in [0.25, 0.3) is 0 Å². The molecule has 482 valence electrons. The molecular formula is C76H118F2I2N4S2. The topological polar surface area (TPSA) is 51.6 Å². The predicted octanol–water partition coefficient (Wildman–Crippen LogP) is 28.1. The van der Waals surface area contributed by atoms with Gasteiger partial charge in [-0.3, -0.25) is 0 Å². The van der Waals surface area contributed by atoms with Gasteiger partial charge in [-0.25, -0.2) is 8.78 Å². The van der Waals surface area contributed by atoms with E-state index >= 15 is 8.78 Å². The lowest BCUT2D eigenvalue weighted by molar-refractivity contribution is 0.374. The summed E-state index contributed by atoms with van der Waals surface area (Å²) in [6, 6.07) is 4.63. The van der Waals surface area contributed by atoms with E-state index in [1.165, 1.54) is 280 Å². The van der Waals surface area contributed by atoms with Crippen LogP contribution in [0.2, 0.25) is 0 Å². The highest BCUT2D eigenvalue weighted by atomic mass is 127. The molecule has 0 aliphatic heterocycles. The molecular weight excluding hydrogens is 1320 g/mol. The van der Waals surface area contributed by atoms with Crippen molar-refractivity contribution in [2.75, 3.05) is 0 Å². The molecule has 5 aromatic rings. The van der Waals surface area contributed by atoms with E-state index in [9.17, 15) is 0 Å². The van der Waals surface area contributed by atoms with Crippen LogP contribution >= 0.6 is 68.6 Å². The van der Waals surface area contributed by atoms with Crippen LogP contribution in [0, 0.1) is 18.8 Å². The van der Waals surface area contributed by atoms with Crippen LogP contribution in [0.4, 0.5) is 8.78 Å². The first-order valence-corrected chi connectivity index (χ1v) is 40.4. The SMILES string of the molecule is CCCCCCCCCCCCCCC1(CCCCCCCCCCCCCC)c2cc(I)c3nsnc3c2-c2c(F)c3c(c(F)c21)-c1c(cc(I)c2nsnc12)C3(CCCCCCCCCCCCCC)CCCCCCCCCCCCCC. The molecule has 0 spiro atoms. The maximum atomic E-state index is 19.9. The zero-order valence-corrected chi connectivity index (χ0v) is 61.0. The van der Waals surface area contributed by atoms with E-state index in [4.69, 9.17) is 17.5 Å². The Kier molecular flexibility index (Phi) is 34.0. The Bertz CT molecular complexity index is 2460. The highest BCUT2D eigenvalue weighted by Crippen LogP contribution is 2.65. The Morgan fingerprint density at radius 3 is 0.709 bits per heavy atom. The Morgan fingerprint density at radius 2 is 0.488 bits per heavy atom. The average molecular weight is 1440 g/mol. The van der Waals surface area contributed by atoms with Gasteiger partial charge in [0.2, 0.25) is 0 Å². The van der Waals surface area contributed by atoms with Crippen molar-refractivity contribution in [3.05, 3.63) is 53.2 Å². The molecule has 0 N–H and O–H groups in total. The Morgan fingerprint density at radius 1 is 0.291 bits per heavy atom. The number of benzene rings is 3. The first kappa shape index (κ1) is 72.1. The third-order valence-electron chi connectivity index (χ3n) is 20.7. The average Bonchev–Trinajstić information content (AvgIpc) is 1.52. The predicted molar refractivity (Wildman–Crippen MR) is 389 cm³/mol. The van der Waals surface area contributed by atoms with Gasteiger partial charge in [0.05, 0.1) is 23.5 Å². The molecule has 0 bridgehead atoms. The molecule has 0 unspecified atom stereocenters. The van der Waals surface area contributed by atoms with Crippen LogP contribution in [0.5, 0.6) is 0 Å². The number of fused-ring (bicyclic) bond motifs is 10. The third kappa shape index (κ3) is 19.8. The maximum Gasteiger partial charge on any atom is 0.136 e. The molecule has 0 saturated carbocycles. The number of aromatic nitrogens is 4. The molecule has 2 aliphatic rings. The minimum absolute atomic E-state index is 0.181.